The lowest BCUT2D eigenvalue weighted by atomic mass is 10.00. The molecule has 2 aliphatic rings. The summed E-state index contributed by atoms with van der Waals surface area (Å²) in [5.74, 6) is 0.837. The number of benzene rings is 2. The summed E-state index contributed by atoms with van der Waals surface area (Å²) < 4.78 is 0. The summed E-state index contributed by atoms with van der Waals surface area (Å²) in [6.07, 6.45) is 3.53. The van der Waals surface area contributed by atoms with Gasteiger partial charge < -0.3 is 9.88 Å². The molecule has 0 bridgehead atoms. The lowest BCUT2D eigenvalue weighted by molar-refractivity contribution is 0.0729. The van der Waals surface area contributed by atoms with Gasteiger partial charge in [-0.05, 0) is 54.0 Å². The van der Waals surface area contributed by atoms with Crippen LogP contribution >= 0.6 is 0 Å². The summed E-state index contributed by atoms with van der Waals surface area (Å²) in [5, 5.41) is 1.13. The number of fused-ring (bicyclic) bond motifs is 2. The number of carbonyl (C=O) groups excluding carboxylic acids is 1. The van der Waals surface area contributed by atoms with E-state index in [2.05, 4.69) is 47.4 Å². The highest BCUT2D eigenvalue weighted by atomic mass is 16.2. The van der Waals surface area contributed by atoms with Crippen LogP contribution in [-0.2, 0) is 13.0 Å². The number of hydrogen-bond acceptors (Lipinski definition) is 1. The standard InChI is InChI=1S/C21H20N2O/c24-21(23-10-9-14-3-1-2-4-18(14)13-23)20-12-17-8-7-16(15-5-6-15)11-19(17)22-20/h1-4,7-8,11-12,15,22H,5-6,9-10,13H2. The molecule has 1 fully saturated rings. The van der Waals surface area contributed by atoms with Gasteiger partial charge in [-0.1, -0.05) is 36.4 Å². The van der Waals surface area contributed by atoms with Gasteiger partial charge in [0.25, 0.3) is 5.91 Å². The molecule has 0 unspecified atom stereocenters. The van der Waals surface area contributed by atoms with Crippen LogP contribution in [0.5, 0.6) is 0 Å². The second-order valence-corrected chi connectivity index (χ2v) is 7.05. The van der Waals surface area contributed by atoms with Crippen LogP contribution in [0.15, 0.2) is 48.5 Å². The molecule has 1 aliphatic carbocycles. The number of nitrogens with zero attached hydrogens (tertiary/aromatic N) is 1. The summed E-state index contributed by atoms with van der Waals surface area (Å²) in [6, 6.07) is 17.0. The van der Waals surface area contributed by atoms with Crippen molar-refractivity contribution in [3.8, 4) is 0 Å². The van der Waals surface area contributed by atoms with Gasteiger partial charge in [-0.2, -0.15) is 0 Å². The first-order valence-electron chi connectivity index (χ1n) is 8.77. The Kier molecular flexibility index (Phi) is 3.02. The second kappa shape index (κ2) is 5.23. The Morgan fingerprint density at radius 3 is 2.71 bits per heavy atom. The van der Waals surface area contributed by atoms with Crippen molar-refractivity contribution in [1.82, 2.24) is 9.88 Å². The molecule has 24 heavy (non-hydrogen) atoms. The van der Waals surface area contributed by atoms with E-state index in [9.17, 15) is 4.79 Å². The molecule has 1 N–H and O–H groups in total. The lowest BCUT2D eigenvalue weighted by Gasteiger charge is -2.28. The van der Waals surface area contributed by atoms with Crippen molar-refractivity contribution >= 4 is 16.8 Å². The molecule has 2 aromatic carbocycles. The number of nitrogens with one attached hydrogen (secondary N) is 1. The van der Waals surface area contributed by atoms with Gasteiger partial charge in [0.15, 0.2) is 0 Å². The van der Waals surface area contributed by atoms with Gasteiger partial charge in [-0.3, -0.25) is 4.79 Å². The highest BCUT2D eigenvalue weighted by Gasteiger charge is 2.25. The van der Waals surface area contributed by atoms with Crippen LogP contribution in [0.1, 0.15) is 45.9 Å². The molecule has 1 aliphatic heterocycles. The maximum Gasteiger partial charge on any atom is 0.270 e. The van der Waals surface area contributed by atoms with Crippen LogP contribution in [0.4, 0.5) is 0 Å². The van der Waals surface area contributed by atoms with Gasteiger partial charge in [0.2, 0.25) is 0 Å². The second-order valence-electron chi connectivity index (χ2n) is 7.05. The van der Waals surface area contributed by atoms with Crippen LogP contribution in [0.3, 0.4) is 0 Å². The third-order valence-corrected chi connectivity index (χ3v) is 5.34. The summed E-state index contributed by atoms with van der Waals surface area (Å²) >= 11 is 0. The first kappa shape index (κ1) is 13.8. The molecule has 2 heterocycles. The molecule has 5 rings (SSSR count). The minimum atomic E-state index is 0.105. The van der Waals surface area contributed by atoms with Crippen molar-refractivity contribution in [2.75, 3.05) is 6.54 Å². The van der Waals surface area contributed by atoms with E-state index in [-0.39, 0.29) is 5.91 Å². The van der Waals surface area contributed by atoms with E-state index in [0.717, 1.165) is 29.8 Å². The Morgan fingerprint density at radius 1 is 1.04 bits per heavy atom. The van der Waals surface area contributed by atoms with Crippen LogP contribution in [0.25, 0.3) is 10.9 Å². The summed E-state index contributed by atoms with van der Waals surface area (Å²) in [7, 11) is 0. The lowest BCUT2D eigenvalue weighted by Crippen LogP contribution is -2.36. The molecular weight excluding hydrogens is 296 g/mol. The zero-order valence-electron chi connectivity index (χ0n) is 13.6. The number of H-pyrrole nitrogens is 1. The molecule has 3 heteroatoms. The minimum absolute atomic E-state index is 0.105. The van der Waals surface area contributed by atoms with E-state index < -0.39 is 0 Å². The molecule has 0 saturated heterocycles. The summed E-state index contributed by atoms with van der Waals surface area (Å²) in [6.45, 7) is 1.50. The predicted molar refractivity (Wildman–Crippen MR) is 95.2 cm³/mol. The van der Waals surface area contributed by atoms with Crippen LogP contribution < -0.4 is 0 Å². The summed E-state index contributed by atoms with van der Waals surface area (Å²) in [4.78, 5) is 18.2. The van der Waals surface area contributed by atoms with Crippen molar-refractivity contribution < 1.29 is 4.79 Å². The largest absolute Gasteiger partial charge is 0.351 e. The number of rotatable bonds is 2. The first-order valence-corrected chi connectivity index (χ1v) is 8.77. The number of hydrogen-bond donors (Lipinski definition) is 1. The Morgan fingerprint density at radius 2 is 1.88 bits per heavy atom. The van der Waals surface area contributed by atoms with E-state index in [1.54, 1.807) is 0 Å². The maximum absolute atomic E-state index is 12.9. The molecule has 120 valence electrons. The van der Waals surface area contributed by atoms with Gasteiger partial charge in [0, 0.05) is 24.0 Å². The molecular formula is C21H20N2O. The Labute approximate surface area is 141 Å². The van der Waals surface area contributed by atoms with Crippen LogP contribution in [0.2, 0.25) is 0 Å². The first-order chi connectivity index (χ1) is 11.8. The van der Waals surface area contributed by atoms with E-state index >= 15 is 0 Å². The third kappa shape index (κ3) is 2.32. The fraction of sp³-hybridized carbons (Fsp3) is 0.286. The molecule has 0 spiro atoms. The van der Waals surface area contributed by atoms with Crippen LogP contribution in [0, 0.1) is 0 Å². The predicted octanol–water partition coefficient (Wildman–Crippen LogP) is 4.24. The highest BCUT2D eigenvalue weighted by molar-refractivity contribution is 5.98. The zero-order valence-corrected chi connectivity index (χ0v) is 13.6. The average Bonchev–Trinajstić information content (AvgIpc) is 3.39. The van der Waals surface area contributed by atoms with Crippen molar-refractivity contribution in [3.05, 3.63) is 70.9 Å². The number of carbonyl (C=O) groups is 1. The number of aromatic amines is 1. The molecule has 3 nitrogen and oxygen atoms in total. The van der Waals surface area contributed by atoms with Crippen LogP contribution in [-0.4, -0.2) is 22.3 Å². The molecule has 1 aromatic heterocycles. The third-order valence-electron chi connectivity index (χ3n) is 5.34. The van der Waals surface area contributed by atoms with E-state index in [4.69, 9.17) is 0 Å². The zero-order chi connectivity index (χ0) is 16.1. The fourth-order valence-corrected chi connectivity index (χ4v) is 3.77. The van der Waals surface area contributed by atoms with Gasteiger partial charge in [0.1, 0.15) is 5.69 Å². The monoisotopic (exact) mass is 316 g/mol. The molecule has 0 atom stereocenters. The number of amides is 1. The van der Waals surface area contributed by atoms with Gasteiger partial charge in [0.05, 0.1) is 0 Å². The van der Waals surface area contributed by atoms with Gasteiger partial charge >= 0.3 is 0 Å². The Hall–Kier alpha value is -2.55. The number of aromatic nitrogens is 1. The average molecular weight is 316 g/mol. The van der Waals surface area contributed by atoms with Gasteiger partial charge in [-0.15, -0.1) is 0 Å². The van der Waals surface area contributed by atoms with E-state index in [1.165, 1.54) is 29.5 Å². The van der Waals surface area contributed by atoms with Crippen molar-refractivity contribution in [1.29, 1.82) is 0 Å². The van der Waals surface area contributed by atoms with Crippen molar-refractivity contribution in [3.63, 3.8) is 0 Å². The molecule has 0 radical (unpaired) electrons. The van der Waals surface area contributed by atoms with E-state index in [0.29, 0.717) is 12.2 Å². The van der Waals surface area contributed by atoms with E-state index in [1.807, 2.05) is 11.0 Å². The smallest absolute Gasteiger partial charge is 0.270 e. The molecule has 1 saturated carbocycles. The van der Waals surface area contributed by atoms with Gasteiger partial charge in [-0.25, -0.2) is 0 Å². The van der Waals surface area contributed by atoms with Crippen molar-refractivity contribution in [2.45, 2.75) is 31.7 Å². The SMILES string of the molecule is O=C(c1cc2ccc(C3CC3)cc2[nH]1)N1CCc2ccccc2C1. The molecule has 3 aromatic rings. The minimum Gasteiger partial charge on any atom is -0.351 e. The maximum atomic E-state index is 12.9. The molecule has 1 amide bonds. The quantitative estimate of drug-likeness (QED) is 0.754. The topological polar surface area (TPSA) is 36.1 Å². The van der Waals surface area contributed by atoms with Crippen molar-refractivity contribution in [2.24, 2.45) is 0 Å². The Balaban J connectivity index is 1.43. The fourth-order valence-electron chi connectivity index (χ4n) is 3.77. The normalized spacial score (nSPS) is 17.1. The summed E-state index contributed by atoms with van der Waals surface area (Å²) in [5.41, 5.74) is 5.82. The highest BCUT2D eigenvalue weighted by Crippen LogP contribution is 2.40. The Bertz CT molecular complexity index is 936.